The molecule has 2 heterocycles. The van der Waals surface area contributed by atoms with Crippen LogP contribution in [0.25, 0.3) is 5.69 Å². The number of aromatic nitrogens is 3. The molecule has 0 bridgehead atoms. The summed E-state index contributed by atoms with van der Waals surface area (Å²) in [5.41, 5.74) is 3.78. The monoisotopic (exact) mass is 360 g/mol. The molecule has 27 heavy (non-hydrogen) atoms. The van der Waals surface area contributed by atoms with Gasteiger partial charge in [0, 0.05) is 11.1 Å². The second kappa shape index (κ2) is 7.15. The number of fused-ring (bicyclic) bond motifs is 3. The Labute approximate surface area is 157 Å². The predicted octanol–water partition coefficient (Wildman–Crippen LogP) is 3.42. The number of carbonyl (C=O) groups excluding carboxylic acids is 1. The van der Waals surface area contributed by atoms with Crippen LogP contribution in [0, 0.1) is 6.92 Å². The summed E-state index contributed by atoms with van der Waals surface area (Å²) < 4.78 is 7.14. The second-order valence-electron chi connectivity index (χ2n) is 6.33. The summed E-state index contributed by atoms with van der Waals surface area (Å²) in [5, 5.41) is 8.57. The van der Waals surface area contributed by atoms with Gasteiger partial charge in [0.25, 0.3) is 0 Å². The first-order valence-corrected chi connectivity index (χ1v) is 8.99. The molecule has 2 aromatic carbocycles. The highest BCUT2D eigenvalue weighted by molar-refractivity contribution is 6.15. The van der Waals surface area contributed by atoms with E-state index in [4.69, 9.17) is 9.73 Å². The number of nitrogens with zero attached hydrogens (tertiary/aromatic N) is 4. The standard InChI is InChI=1S/C21H20N4O2/c1-3-27-19(26)13-17-21-24-23-14(2)25(21)18-12-8-7-11-16(18)20(22-17)15-9-5-4-6-10-15/h4-12,17H,3,13H2,1-2H3. The maximum atomic E-state index is 12.2. The van der Waals surface area contributed by atoms with Crippen LogP contribution >= 0.6 is 0 Å². The molecule has 0 radical (unpaired) electrons. The average Bonchev–Trinajstić information content (AvgIpc) is 3.01. The van der Waals surface area contributed by atoms with Crippen molar-refractivity contribution in [2.45, 2.75) is 26.3 Å². The van der Waals surface area contributed by atoms with E-state index in [0.29, 0.717) is 12.4 Å². The molecule has 0 aliphatic carbocycles. The third-order valence-corrected chi connectivity index (χ3v) is 4.55. The second-order valence-corrected chi connectivity index (χ2v) is 6.33. The number of benzene rings is 2. The molecule has 1 aromatic heterocycles. The van der Waals surface area contributed by atoms with E-state index in [9.17, 15) is 4.79 Å². The summed E-state index contributed by atoms with van der Waals surface area (Å²) in [6.45, 7) is 4.04. The van der Waals surface area contributed by atoms with Crippen LogP contribution in [0.5, 0.6) is 0 Å². The first-order valence-electron chi connectivity index (χ1n) is 8.99. The lowest BCUT2D eigenvalue weighted by molar-refractivity contribution is -0.143. The van der Waals surface area contributed by atoms with Gasteiger partial charge >= 0.3 is 5.97 Å². The van der Waals surface area contributed by atoms with Crippen LogP contribution in [0.4, 0.5) is 0 Å². The Morgan fingerprint density at radius 3 is 2.59 bits per heavy atom. The van der Waals surface area contributed by atoms with E-state index in [1.807, 2.05) is 66.1 Å². The minimum Gasteiger partial charge on any atom is -0.466 e. The molecule has 0 saturated carbocycles. The molecule has 0 fully saturated rings. The molecule has 0 saturated heterocycles. The number of aliphatic imine (C=N–C) groups is 1. The van der Waals surface area contributed by atoms with Crippen molar-refractivity contribution in [1.82, 2.24) is 14.8 Å². The van der Waals surface area contributed by atoms with Crippen LogP contribution in [0.1, 0.15) is 42.2 Å². The Balaban J connectivity index is 1.93. The van der Waals surface area contributed by atoms with Gasteiger partial charge in [0.2, 0.25) is 0 Å². The van der Waals surface area contributed by atoms with Gasteiger partial charge in [-0.2, -0.15) is 0 Å². The summed E-state index contributed by atoms with van der Waals surface area (Å²) in [6, 6.07) is 17.6. The molecule has 136 valence electrons. The summed E-state index contributed by atoms with van der Waals surface area (Å²) in [4.78, 5) is 17.2. The Hall–Kier alpha value is -3.28. The van der Waals surface area contributed by atoms with Gasteiger partial charge in [0.05, 0.1) is 24.4 Å². The van der Waals surface area contributed by atoms with Crippen molar-refractivity contribution < 1.29 is 9.53 Å². The number of carbonyl (C=O) groups is 1. The molecule has 4 rings (SSSR count). The lowest BCUT2D eigenvalue weighted by Gasteiger charge is -2.12. The van der Waals surface area contributed by atoms with Gasteiger partial charge in [-0.3, -0.25) is 14.4 Å². The zero-order valence-corrected chi connectivity index (χ0v) is 15.3. The molecule has 1 unspecified atom stereocenters. The number of para-hydroxylation sites is 1. The SMILES string of the molecule is CCOC(=O)CC1N=C(c2ccccc2)c2ccccc2-n2c(C)nnc21. The zero-order valence-electron chi connectivity index (χ0n) is 15.3. The quantitative estimate of drug-likeness (QED) is 0.669. The molecule has 6 heteroatoms. The zero-order chi connectivity index (χ0) is 18.8. The van der Waals surface area contributed by atoms with E-state index in [1.165, 1.54) is 0 Å². The largest absolute Gasteiger partial charge is 0.466 e. The van der Waals surface area contributed by atoms with Crippen molar-refractivity contribution in [2.24, 2.45) is 4.99 Å². The van der Waals surface area contributed by atoms with Gasteiger partial charge in [0.1, 0.15) is 11.9 Å². The molecule has 0 amide bonds. The highest BCUT2D eigenvalue weighted by Gasteiger charge is 2.29. The molecular formula is C21H20N4O2. The third-order valence-electron chi connectivity index (χ3n) is 4.55. The fourth-order valence-corrected chi connectivity index (χ4v) is 3.38. The highest BCUT2D eigenvalue weighted by atomic mass is 16.5. The lowest BCUT2D eigenvalue weighted by Crippen LogP contribution is -2.13. The van der Waals surface area contributed by atoms with E-state index in [1.54, 1.807) is 6.92 Å². The predicted molar refractivity (Wildman–Crippen MR) is 102 cm³/mol. The van der Waals surface area contributed by atoms with E-state index in [2.05, 4.69) is 10.2 Å². The van der Waals surface area contributed by atoms with Crippen LogP contribution in [0.2, 0.25) is 0 Å². The molecule has 1 aliphatic heterocycles. The van der Waals surface area contributed by atoms with Crippen molar-refractivity contribution in [3.05, 3.63) is 77.4 Å². The first-order chi connectivity index (χ1) is 13.2. The van der Waals surface area contributed by atoms with Gasteiger partial charge in [-0.15, -0.1) is 10.2 Å². The molecule has 1 atom stereocenters. The van der Waals surface area contributed by atoms with Gasteiger partial charge in [0.15, 0.2) is 5.82 Å². The molecule has 1 aliphatic rings. The molecule has 0 spiro atoms. The molecule has 3 aromatic rings. The van der Waals surface area contributed by atoms with Crippen LogP contribution in [-0.2, 0) is 9.53 Å². The molecule has 6 nitrogen and oxygen atoms in total. The van der Waals surface area contributed by atoms with Crippen LogP contribution < -0.4 is 0 Å². The van der Waals surface area contributed by atoms with Crippen molar-refractivity contribution in [3.63, 3.8) is 0 Å². The van der Waals surface area contributed by atoms with Crippen LogP contribution in [0.15, 0.2) is 59.6 Å². The summed E-state index contributed by atoms with van der Waals surface area (Å²) in [7, 11) is 0. The smallest absolute Gasteiger partial charge is 0.308 e. The van der Waals surface area contributed by atoms with Gasteiger partial charge < -0.3 is 4.74 Å². The number of rotatable bonds is 4. The maximum absolute atomic E-state index is 12.2. The Morgan fingerprint density at radius 1 is 1.07 bits per heavy atom. The minimum atomic E-state index is -0.465. The number of hydrogen-bond donors (Lipinski definition) is 0. The van der Waals surface area contributed by atoms with Crippen molar-refractivity contribution in [2.75, 3.05) is 6.61 Å². The van der Waals surface area contributed by atoms with Crippen molar-refractivity contribution in [3.8, 4) is 5.69 Å². The summed E-state index contributed by atoms with van der Waals surface area (Å²) in [6.07, 6.45) is 0.121. The third kappa shape index (κ3) is 3.14. The topological polar surface area (TPSA) is 69.4 Å². The number of ether oxygens (including phenoxy) is 1. The van der Waals surface area contributed by atoms with Gasteiger partial charge in [-0.1, -0.05) is 48.5 Å². The number of hydrogen-bond acceptors (Lipinski definition) is 5. The van der Waals surface area contributed by atoms with E-state index >= 15 is 0 Å². The number of esters is 1. The van der Waals surface area contributed by atoms with Crippen molar-refractivity contribution >= 4 is 11.7 Å². The van der Waals surface area contributed by atoms with Gasteiger partial charge in [-0.25, -0.2) is 0 Å². The van der Waals surface area contributed by atoms with E-state index in [0.717, 1.165) is 28.4 Å². The Kier molecular flexibility index (Phi) is 4.54. The van der Waals surface area contributed by atoms with Crippen LogP contribution in [0.3, 0.4) is 0 Å². The highest BCUT2D eigenvalue weighted by Crippen LogP contribution is 2.32. The van der Waals surface area contributed by atoms with Gasteiger partial charge in [-0.05, 0) is 19.9 Å². The maximum Gasteiger partial charge on any atom is 0.308 e. The summed E-state index contributed by atoms with van der Waals surface area (Å²) >= 11 is 0. The minimum absolute atomic E-state index is 0.121. The fourth-order valence-electron chi connectivity index (χ4n) is 3.38. The van der Waals surface area contributed by atoms with Crippen molar-refractivity contribution in [1.29, 1.82) is 0 Å². The molecule has 0 N–H and O–H groups in total. The summed E-state index contributed by atoms with van der Waals surface area (Å²) in [5.74, 6) is 1.12. The normalized spacial score (nSPS) is 15.3. The number of aryl methyl sites for hydroxylation is 1. The average molecular weight is 360 g/mol. The van der Waals surface area contributed by atoms with Crippen LogP contribution in [-0.4, -0.2) is 33.1 Å². The Morgan fingerprint density at radius 2 is 1.81 bits per heavy atom. The molecular weight excluding hydrogens is 340 g/mol. The fraction of sp³-hybridized carbons (Fsp3) is 0.238. The first kappa shape index (κ1) is 17.1. The lowest BCUT2D eigenvalue weighted by atomic mass is 10.0. The Bertz CT molecular complexity index is 1010. The van der Waals surface area contributed by atoms with E-state index < -0.39 is 6.04 Å². The van der Waals surface area contributed by atoms with E-state index in [-0.39, 0.29) is 12.4 Å².